The fraction of sp³-hybridized carbons (Fsp3) is 0.194. The normalized spacial score (nSPS) is 15.4. The Morgan fingerprint density at radius 3 is 2.73 bits per heavy atom. The molecule has 0 aliphatic carbocycles. The van der Waals surface area contributed by atoms with E-state index in [0.717, 1.165) is 49.9 Å². The summed E-state index contributed by atoms with van der Waals surface area (Å²) in [5.41, 5.74) is 12.7. The number of aromatic nitrogens is 3. The highest BCUT2D eigenvalue weighted by Gasteiger charge is 2.32. The highest BCUT2D eigenvalue weighted by Crippen LogP contribution is 2.38. The Bertz CT molecular complexity index is 1940. The number of aryl methyl sites for hydroxylation is 1. The molecule has 40 heavy (non-hydrogen) atoms. The monoisotopic (exact) mass is 549 g/mol. The fourth-order valence-corrected chi connectivity index (χ4v) is 5.68. The highest BCUT2D eigenvalue weighted by atomic mass is 35.5. The minimum Gasteiger partial charge on any atom is -0.491 e. The van der Waals surface area contributed by atoms with Crippen LogP contribution in [-0.4, -0.2) is 39.2 Å². The molecular weight excluding hydrogens is 526 g/mol. The lowest BCUT2D eigenvalue weighted by Crippen LogP contribution is -2.32. The number of nitrogens with zero attached hydrogens (tertiary/aromatic N) is 4. The van der Waals surface area contributed by atoms with Crippen LogP contribution in [0.4, 0.5) is 5.82 Å². The maximum Gasteiger partial charge on any atom is 0.255 e. The quantitative estimate of drug-likeness (QED) is 0.312. The van der Waals surface area contributed by atoms with Crippen LogP contribution in [0.25, 0.3) is 21.8 Å². The molecule has 8 nitrogen and oxygen atoms in total. The standard InChI is InChI=1S/C31H24ClN5O3/c1-36(31(38)22-11-21-23-14-39-15-24(23)30(33)35-26(21)12-25(22)32)28-16-40-29-10-18(6-8-20(28)29)4-3-17-5-7-19-13-34-37(2)27(19)9-17/h5-13,28H,14-16H2,1-2H3,(H2,33,35)/t28-/m1/s1. The van der Waals surface area contributed by atoms with Gasteiger partial charge >= 0.3 is 0 Å². The lowest BCUT2D eigenvalue weighted by atomic mass is 10.0. The number of nitrogen functional groups attached to an aromatic ring is 1. The summed E-state index contributed by atoms with van der Waals surface area (Å²) in [4.78, 5) is 19.8. The maximum atomic E-state index is 13.7. The molecule has 0 bridgehead atoms. The van der Waals surface area contributed by atoms with Gasteiger partial charge in [-0.2, -0.15) is 5.10 Å². The minimum absolute atomic E-state index is 0.202. The smallest absolute Gasteiger partial charge is 0.255 e. The van der Waals surface area contributed by atoms with Crippen molar-refractivity contribution < 1.29 is 14.3 Å². The molecule has 0 saturated carbocycles. The van der Waals surface area contributed by atoms with Crippen LogP contribution in [0.15, 0.2) is 54.7 Å². The van der Waals surface area contributed by atoms with E-state index < -0.39 is 0 Å². The lowest BCUT2D eigenvalue weighted by Gasteiger charge is -2.24. The van der Waals surface area contributed by atoms with Gasteiger partial charge in [0.25, 0.3) is 5.91 Å². The molecule has 2 N–H and O–H groups in total. The van der Waals surface area contributed by atoms with Gasteiger partial charge < -0.3 is 20.1 Å². The fourth-order valence-electron chi connectivity index (χ4n) is 5.45. The zero-order chi connectivity index (χ0) is 27.5. The highest BCUT2D eigenvalue weighted by molar-refractivity contribution is 6.34. The van der Waals surface area contributed by atoms with Gasteiger partial charge in [-0.3, -0.25) is 9.48 Å². The third-order valence-corrected chi connectivity index (χ3v) is 8.02. The van der Waals surface area contributed by atoms with E-state index in [0.29, 0.717) is 41.7 Å². The first kappa shape index (κ1) is 24.5. The van der Waals surface area contributed by atoms with Gasteiger partial charge in [0, 0.05) is 47.1 Å². The van der Waals surface area contributed by atoms with Crippen LogP contribution in [0, 0.1) is 11.8 Å². The van der Waals surface area contributed by atoms with Crippen LogP contribution >= 0.6 is 11.6 Å². The summed E-state index contributed by atoms with van der Waals surface area (Å²) in [6.07, 6.45) is 1.84. The first-order valence-electron chi connectivity index (χ1n) is 12.8. The summed E-state index contributed by atoms with van der Waals surface area (Å²) in [7, 11) is 3.68. The number of ether oxygens (including phenoxy) is 2. The summed E-state index contributed by atoms with van der Waals surface area (Å²) in [6, 6.07) is 15.1. The van der Waals surface area contributed by atoms with Crippen molar-refractivity contribution in [3.05, 3.63) is 93.1 Å². The maximum absolute atomic E-state index is 13.7. The van der Waals surface area contributed by atoms with Gasteiger partial charge in [-0.25, -0.2) is 4.98 Å². The Morgan fingerprint density at radius 2 is 1.88 bits per heavy atom. The zero-order valence-corrected chi connectivity index (χ0v) is 22.6. The molecule has 198 valence electrons. The molecule has 0 fully saturated rings. The van der Waals surface area contributed by atoms with E-state index in [4.69, 9.17) is 26.8 Å². The number of carbonyl (C=O) groups excluding carboxylic acids is 1. The van der Waals surface area contributed by atoms with E-state index in [1.807, 2.05) is 54.3 Å². The molecule has 3 aromatic carbocycles. The van der Waals surface area contributed by atoms with E-state index >= 15 is 0 Å². The van der Waals surface area contributed by atoms with Crippen molar-refractivity contribution >= 4 is 45.1 Å². The summed E-state index contributed by atoms with van der Waals surface area (Å²) < 4.78 is 13.4. The van der Waals surface area contributed by atoms with Crippen molar-refractivity contribution in [3.63, 3.8) is 0 Å². The number of hydrogen-bond acceptors (Lipinski definition) is 6. The average Bonchev–Trinajstić information content (AvgIpc) is 3.70. The first-order chi connectivity index (χ1) is 19.4. The number of rotatable bonds is 2. The minimum atomic E-state index is -0.262. The van der Waals surface area contributed by atoms with E-state index in [1.165, 1.54) is 0 Å². The predicted octanol–water partition coefficient (Wildman–Crippen LogP) is 4.99. The van der Waals surface area contributed by atoms with Crippen LogP contribution in [0.5, 0.6) is 5.75 Å². The zero-order valence-electron chi connectivity index (χ0n) is 21.9. The molecular formula is C31H24ClN5O3. The number of nitrogens with two attached hydrogens (primary N) is 1. The second-order valence-electron chi connectivity index (χ2n) is 10.1. The molecule has 0 spiro atoms. The van der Waals surface area contributed by atoms with Gasteiger partial charge in [-0.15, -0.1) is 0 Å². The second-order valence-corrected chi connectivity index (χ2v) is 10.5. The Hall–Kier alpha value is -4.58. The Kier molecular flexibility index (Phi) is 5.66. The molecule has 0 unspecified atom stereocenters. The third kappa shape index (κ3) is 3.94. The Morgan fingerprint density at radius 1 is 1.10 bits per heavy atom. The van der Waals surface area contributed by atoms with Crippen LogP contribution in [0.1, 0.15) is 44.2 Å². The molecule has 0 radical (unpaired) electrons. The number of pyridine rings is 1. The molecule has 9 heteroatoms. The summed E-state index contributed by atoms with van der Waals surface area (Å²) >= 11 is 6.58. The number of likely N-dealkylation sites (N-methyl/N-ethyl adjacent to an activating group) is 1. The van der Waals surface area contributed by atoms with E-state index in [2.05, 4.69) is 21.9 Å². The van der Waals surface area contributed by atoms with Crippen molar-refractivity contribution in [2.24, 2.45) is 7.05 Å². The first-order valence-corrected chi connectivity index (χ1v) is 13.2. The summed E-state index contributed by atoms with van der Waals surface area (Å²) in [5, 5.41) is 6.52. The Labute approximate surface area is 235 Å². The number of anilines is 1. The molecule has 1 amide bonds. The van der Waals surface area contributed by atoms with Gasteiger partial charge in [0.1, 0.15) is 18.2 Å². The summed E-state index contributed by atoms with van der Waals surface area (Å²) in [6.45, 7) is 1.19. The SMILES string of the molecule is CN(C(=O)c1cc2c3c(c(N)nc2cc1Cl)COC3)[C@@H]1COc2cc(C#Cc3ccc4cnn(C)c4c3)ccc21. The molecule has 4 heterocycles. The topological polar surface area (TPSA) is 95.5 Å². The molecule has 2 aliphatic heterocycles. The molecule has 7 rings (SSSR count). The van der Waals surface area contributed by atoms with Crippen LogP contribution < -0.4 is 10.5 Å². The largest absolute Gasteiger partial charge is 0.491 e. The summed E-state index contributed by atoms with van der Waals surface area (Å²) in [5.74, 6) is 7.41. The van der Waals surface area contributed by atoms with E-state index in [-0.39, 0.29) is 11.9 Å². The van der Waals surface area contributed by atoms with Gasteiger partial charge in [-0.05, 0) is 48.0 Å². The van der Waals surface area contributed by atoms with E-state index in [1.54, 1.807) is 24.1 Å². The van der Waals surface area contributed by atoms with Gasteiger partial charge in [0.15, 0.2) is 0 Å². The number of benzene rings is 3. The molecule has 1 atom stereocenters. The molecule has 2 aromatic heterocycles. The van der Waals surface area contributed by atoms with Crippen molar-refractivity contribution in [1.29, 1.82) is 0 Å². The lowest BCUT2D eigenvalue weighted by molar-refractivity contribution is 0.0709. The van der Waals surface area contributed by atoms with Crippen molar-refractivity contribution in [2.75, 3.05) is 19.4 Å². The van der Waals surface area contributed by atoms with Gasteiger partial charge in [-0.1, -0.05) is 29.5 Å². The van der Waals surface area contributed by atoms with Crippen LogP contribution in [0.3, 0.4) is 0 Å². The molecule has 2 aliphatic rings. The average molecular weight is 550 g/mol. The molecule has 0 saturated heterocycles. The second kappa shape index (κ2) is 9.26. The predicted molar refractivity (Wildman–Crippen MR) is 153 cm³/mol. The Balaban J connectivity index is 1.15. The van der Waals surface area contributed by atoms with Gasteiger partial charge in [0.2, 0.25) is 0 Å². The van der Waals surface area contributed by atoms with Gasteiger partial charge in [0.05, 0.1) is 47.1 Å². The number of halogens is 1. The van der Waals surface area contributed by atoms with E-state index in [9.17, 15) is 4.79 Å². The number of fused-ring (bicyclic) bond motifs is 5. The third-order valence-electron chi connectivity index (χ3n) is 7.71. The number of amides is 1. The number of carbonyl (C=O) groups is 1. The van der Waals surface area contributed by atoms with Crippen LogP contribution in [-0.2, 0) is 25.0 Å². The van der Waals surface area contributed by atoms with Crippen molar-refractivity contribution in [3.8, 4) is 17.6 Å². The van der Waals surface area contributed by atoms with Crippen LogP contribution in [0.2, 0.25) is 5.02 Å². The number of hydrogen-bond donors (Lipinski definition) is 1. The molecule has 5 aromatic rings. The van der Waals surface area contributed by atoms with Crippen molar-refractivity contribution in [1.82, 2.24) is 19.7 Å². The van der Waals surface area contributed by atoms with Crippen molar-refractivity contribution in [2.45, 2.75) is 19.3 Å².